The van der Waals surface area contributed by atoms with Crippen LogP contribution in [0.1, 0.15) is 26.3 Å². The predicted molar refractivity (Wildman–Crippen MR) is 106 cm³/mol. The molecule has 0 saturated carbocycles. The van der Waals surface area contributed by atoms with Gasteiger partial charge in [-0.3, -0.25) is 0 Å². The highest BCUT2D eigenvalue weighted by Gasteiger charge is 2.21. The molecule has 0 aliphatic heterocycles. The van der Waals surface area contributed by atoms with Crippen molar-refractivity contribution in [1.29, 1.82) is 0 Å². The van der Waals surface area contributed by atoms with Crippen LogP contribution in [0.4, 0.5) is 0 Å². The molecule has 0 aliphatic rings. The zero-order valence-electron chi connectivity index (χ0n) is 14.0. The summed E-state index contributed by atoms with van der Waals surface area (Å²) in [6, 6.07) is 28.0. The highest BCUT2D eigenvalue weighted by molar-refractivity contribution is 7.59. The van der Waals surface area contributed by atoms with Gasteiger partial charge in [0.25, 0.3) is 0 Å². The SMILES string of the molecule is CC(C)(C)c1cccc(-c2ccccc2)c1-c1ccccc1.S. The Morgan fingerprint density at radius 1 is 0.565 bits per heavy atom. The van der Waals surface area contributed by atoms with E-state index in [1.54, 1.807) is 0 Å². The summed E-state index contributed by atoms with van der Waals surface area (Å²) < 4.78 is 0. The summed E-state index contributed by atoms with van der Waals surface area (Å²) in [6.07, 6.45) is 0. The summed E-state index contributed by atoms with van der Waals surface area (Å²) >= 11 is 0. The standard InChI is InChI=1S/C22H22.H2S/c1-22(2,3)20-16-10-15-19(17-11-6-4-7-12-17)21(20)18-13-8-5-9-14-18;/h4-16H,1-3H3;1H2. The van der Waals surface area contributed by atoms with Crippen LogP contribution in [0.3, 0.4) is 0 Å². The van der Waals surface area contributed by atoms with Gasteiger partial charge < -0.3 is 0 Å². The van der Waals surface area contributed by atoms with Crippen LogP contribution in [-0.4, -0.2) is 0 Å². The van der Waals surface area contributed by atoms with E-state index in [2.05, 4.69) is 99.6 Å². The molecule has 0 fully saturated rings. The Bertz CT molecular complexity index is 753. The largest absolute Gasteiger partial charge is 0.197 e. The van der Waals surface area contributed by atoms with E-state index in [9.17, 15) is 0 Å². The van der Waals surface area contributed by atoms with Gasteiger partial charge in [0, 0.05) is 0 Å². The third-order valence-electron chi connectivity index (χ3n) is 4.02. The highest BCUT2D eigenvalue weighted by atomic mass is 32.1. The lowest BCUT2D eigenvalue weighted by Crippen LogP contribution is -2.13. The number of rotatable bonds is 2. The monoisotopic (exact) mass is 320 g/mol. The van der Waals surface area contributed by atoms with E-state index in [4.69, 9.17) is 0 Å². The average Bonchev–Trinajstić information content (AvgIpc) is 2.55. The molecule has 0 unspecified atom stereocenters. The first-order valence-electron chi connectivity index (χ1n) is 7.82. The Morgan fingerprint density at radius 2 is 1.09 bits per heavy atom. The predicted octanol–water partition coefficient (Wildman–Crippen LogP) is 6.43. The van der Waals surface area contributed by atoms with Crippen LogP contribution in [0.2, 0.25) is 0 Å². The first-order chi connectivity index (χ1) is 10.6. The van der Waals surface area contributed by atoms with Crippen molar-refractivity contribution in [3.05, 3.63) is 84.4 Å². The van der Waals surface area contributed by atoms with Crippen LogP contribution in [0.5, 0.6) is 0 Å². The Balaban J connectivity index is 0.00000192. The molecule has 3 aromatic rings. The van der Waals surface area contributed by atoms with E-state index in [0.717, 1.165) is 0 Å². The van der Waals surface area contributed by atoms with Gasteiger partial charge in [-0.25, -0.2) is 0 Å². The van der Waals surface area contributed by atoms with Crippen molar-refractivity contribution >= 4 is 13.5 Å². The third-order valence-corrected chi connectivity index (χ3v) is 4.02. The van der Waals surface area contributed by atoms with Crippen LogP contribution in [-0.2, 0) is 5.41 Å². The maximum absolute atomic E-state index is 2.28. The van der Waals surface area contributed by atoms with Gasteiger partial charge in [0.2, 0.25) is 0 Å². The normalized spacial score (nSPS) is 10.9. The van der Waals surface area contributed by atoms with Crippen LogP contribution in [0.15, 0.2) is 78.9 Å². The fourth-order valence-corrected chi connectivity index (χ4v) is 2.95. The molecule has 0 atom stereocenters. The van der Waals surface area contributed by atoms with Crippen molar-refractivity contribution in [2.75, 3.05) is 0 Å². The maximum Gasteiger partial charge on any atom is -0.00680 e. The first kappa shape index (κ1) is 17.4. The van der Waals surface area contributed by atoms with Gasteiger partial charge in [-0.05, 0) is 33.2 Å². The third kappa shape index (κ3) is 3.68. The van der Waals surface area contributed by atoms with Crippen molar-refractivity contribution < 1.29 is 0 Å². The second-order valence-electron chi connectivity index (χ2n) is 6.71. The molecule has 3 aromatic carbocycles. The summed E-state index contributed by atoms with van der Waals surface area (Å²) in [5.74, 6) is 0. The molecule has 1 heteroatoms. The Morgan fingerprint density at radius 3 is 1.61 bits per heavy atom. The molecule has 0 radical (unpaired) electrons. The van der Waals surface area contributed by atoms with Crippen LogP contribution < -0.4 is 0 Å². The van der Waals surface area contributed by atoms with Crippen molar-refractivity contribution in [3.8, 4) is 22.3 Å². The van der Waals surface area contributed by atoms with Gasteiger partial charge in [0.05, 0.1) is 0 Å². The van der Waals surface area contributed by atoms with Crippen LogP contribution in [0, 0.1) is 0 Å². The van der Waals surface area contributed by atoms with Gasteiger partial charge >= 0.3 is 0 Å². The van der Waals surface area contributed by atoms with E-state index < -0.39 is 0 Å². The molecule has 0 N–H and O–H groups in total. The second-order valence-corrected chi connectivity index (χ2v) is 6.71. The lowest BCUT2D eigenvalue weighted by Gasteiger charge is -2.25. The molecule has 0 spiro atoms. The van der Waals surface area contributed by atoms with Crippen molar-refractivity contribution in [2.45, 2.75) is 26.2 Å². The van der Waals surface area contributed by atoms with Gasteiger partial charge in [-0.2, -0.15) is 13.5 Å². The van der Waals surface area contributed by atoms with Gasteiger partial charge in [-0.1, -0.05) is 99.6 Å². The first-order valence-corrected chi connectivity index (χ1v) is 7.82. The van der Waals surface area contributed by atoms with Crippen LogP contribution in [0.25, 0.3) is 22.3 Å². The zero-order valence-corrected chi connectivity index (χ0v) is 15.0. The average molecular weight is 321 g/mol. The Hall–Kier alpha value is -1.99. The van der Waals surface area contributed by atoms with E-state index in [1.807, 2.05) is 0 Å². The molecule has 0 aromatic heterocycles. The minimum atomic E-state index is 0. The fraction of sp³-hybridized carbons (Fsp3) is 0.182. The number of benzene rings is 3. The van der Waals surface area contributed by atoms with E-state index in [1.165, 1.54) is 27.8 Å². The molecule has 3 rings (SSSR count). The maximum atomic E-state index is 2.28. The zero-order chi connectivity index (χ0) is 15.6. The summed E-state index contributed by atoms with van der Waals surface area (Å²) in [5, 5.41) is 0. The smallest absolute Gasteiger partial charge is 0.00680 e. The molecule has 0 bridgehead atoms. The van der Waals surface area contributed by atoms with E-state index in [0.29, 0.717) is 0 Å². The highest BCUT2D eigenvalue weighted by Crippen LogP contribution is 2.39. The summed E-state index contributed by atoms with van der Waals surface area (Å²) in [6.45, 7) is 6.84. The molecular weight excluding hydrogens is 296 g/mol. The minimum absolute atomic E-state index is 0. The Kier molecular flexibility index (Phi) is 5.33. The van der Waals surface area contributed by atoms with Crippen molar-refractivity contribution in [1.82, 2.24) is 0 Å². The lowest BCUT2D eigenvalue weighted by atomic mass is 9.79. The van der Waals surface area contributed by atoms with Gasteiger partial charge in [0.1, 0.15) is 0 Å². The number of hydrogen-bond acceptors (Lipinski definition) is 0. The Labute approximate surface area is 146 Å². The molecule has 118 valence electrons. The van der Waals surface area contributed by atoms with Gasteiger partial charge in [-0.15, -0.1) is 0 Å². The van der Waals surface area contributed by atoms with Crippen molar-refractivity contribution in [3.63, 3.8) is 0 Å². The molecular formula is C22H24S. The fourth-order valence-electron chi connectivity index (χ4n) is 2.95. The van der Waals surface area contributed by atoms with E-state index in [-0.39, 0.29) is 18.9 Å². The quantitative estimate of drug-likeness (QED) is 0.510. The van der Waals surface area contributed by atoms with Crippen molar-refractivity contribution in [2.24, 2.45) is 0 Å². The lowest BCUT2D eigenvalue weighted by molar-refractivity contribution is 0.592. The molecule has 0 amide bonds. The molecule has 0 heterocycles. The van der Waals surface area contributed by atoms with Crippen LogP contribution >= 0.6 is 13.5 Å². The summed E-state index contributed by atoms with van der Waals surface area (Å²) in [7, 11) is 0. The molecule has 0 nitrogen and oxygen atoms in total. The minimum Gasteiger partial charge on any atom is -0.197 e. The molecule has 0 saturated heterocycles. The summed E-state index contributed by atoms with van der Waals surface area (Å²) in [5.41, 5.74) is 6.70. The summed E-state index contributed by atoms with van der Waals surface area (Å²) in [4.78, 5) is 0. The second kappa shape index (κ2) is 7.06. The van der Waals surface area contributed by atoms with Gasteiger partial charge in [0.15, 0.2) is 0 Å². The molecule has 0 aliphatic carbocycles. The topological polar surface area (TPSA) is 0 Å². The molecule has 23 heavy (non-hydrogen) atoms. The number of hydrogen-bond donors (Lipinski definition) is 0. The van der Waals surface area contributed by atoms with E-state index >= 15 is 0 Å².